The Morgan fingerprint density at radius 2 is 2.29 bits per heavy atom. The minimum Gasteiger partial charge on any atom is -0.294 e. The van der Waals surface area contributed by atoms with Crippen molar-refractivity contribution in [2.45, 2.75) is 6.42 Å². The summed E-state index contributed by atoms with van der Waals surface area (Å²) in [7, 11) is 1.74. The minimum atomic E-state index is -0.360. The first kappa shape index (κ1) is 12.0. The van der Waals surface area contributed by atoms with Crippen LogP contribution in [0.3, 0.4) is 0 Å². The van der Waals surface area contributed by atoms with E-state index in [-0.39, 0.29) is 18.0 Å². The molecular formula is C12H10BrFN2O. The molecule has 0 aliphatic carbocycles. The van der Waals surface area contributed by atoms with Crippen LogP contribution in [0.15, 0.2) is 35.1 Å². The highest BCUT2D eigenvalue weighted by atomic mass is 79.9. The molecule has 1 heterocycles. The first-order valence-electron chi connectivity index (χ1n) is 5.02. The SMILES string of the molecule is Cn1cc(C(=O)Cc2cccc(F)c2Br)cn1. The second-order valence-corrected chi connectivity index (χ2v) is 4.51. The van der Waals surface area contributed by atoms with Crippen LogP contribution in [0, 0.1) is 5.82 Å². The van der Waals surface area contributed by atoms with E-state index in [1.807, 2.05) is 0 Å². The summed E-state index contributed by atoms with van der Waals surface area (Å²) in [5.74, 6) is -0.439. The first-order valence-corrected chi connectivity index (χ1v) is 5.82. The Hall–Kier alpha value is -1.49. The molecule has 88 valence electrons. The number of carbonyl (C=O) groups excluding carboxylic acids is 1. The highest BCUT2D eigenvalue weighted by Gasteiger charge is 2.12. The topological polar surface area (TPSA) is 34.9 Å². The van der Waals surface area contributed by atoms with Crippen molar-refractivity contribution in [1.82, 2.24) is 9.78 Å². The lowest BCUT2D eigenvalue weighted by Gasteiger charge is -2.03. The van der Waals surface area contributed by atoms with E-state index < -0.39 is 0 Å². The van der Waals surface area contributed by atoms with E-state index in [1.165, 1.54) is 12.3 Å². The van der Waals surface area contributed by atoms with Crippen molar-refractivity contribution in [2.24, 2.45) is 7.05 Å². The highest BCUT2D eigenvalue weighted by molar-refractivity contribution is 9.10. The molecule has 0 aliphatic rings. The van der Waals surface area contributed by atoms with Gasteiger partial charge in [0.1, 0.15) is 5.82 Å². The van der Waals surface area contributed by atoms with E-state index >= 15 is 0 Å². The maximum absolute atomic E-state index is 13.3. The lowest BCUT2D eigenvalue weighted by molar-refractivity contribution is 0.0992. The number of Topliss-reactive ketones (excluding diaryl/α,β-unsaturated/α-hetero) is 1. The lowest BCUT2D eigenvalue weighted by atomic mass is 10.1. The molecule has 0 saturated carbocycles. The van der Waals surface area contributed by atoms with Crippen molar-refractivity contribution >= 4 is 21.7 Å². The van der Waals surface area contributed by atoms with Crippen LogP contribution in [0.25, 0.3) is 0 Å². The molecule has 0 saturated heterocycles. The zero-order valence-electron chi connectivity index (χ0n) is 9.15. The summed E-state index contributed by atoms with van der Waals surface area (Å²) in [5.41, 5.74) is 1.17. The van der Waals surface area contributed by atoms with Crippen molar-refractivity contribution in [3.05, 3.63) is 52.0 Å². The molecule has 5 heteroatoms. The van der Waals surface area contributed by atoms with Crippen LogP contribution in [0.5, 0.6) is 0 Å². The number of aryl methyl sites for hydroxylation is 1. The summed E-state index contributed by atoms with van der Waals surface area (Å²) in [5, 5.41) is 3.93. The van der Waals surface area contributed by atoms with Crippen LogP contribution in [0.4, 0.5) is 4.39 Å². The fraction of sp³-hybridized carbons (Fsp3) is 0.167. The summed E-state index contributed by atoms with van der Waals surface area (Å²) in [6, 6.07) is 4.66. The van der Waals surface area contributed by atoms with E-state index in [9.17, 15) is 9.18 Å². The van der Waals surface area contributed by atoms with Crippen LogP contribution < -0.4 is 0 Å². The zero-order chi connectivity index (χ0) is 12.4. The van der Waals surface area contributed by atoms with Gasteiger partial charge < -0.3 is 0 Å². The molecule has 0 atom stereocenters. The summed E-state index contributed by atoms with van der Waals surface area (Å²) in [4.78, 5) is 11.9. The van der Waals surface area contributed by atoms with Gasteiger partial charge in [-0.2, -0.15) is 5.10 Å². The molecule has 0 N–H and O–H groups in total. The first-order chi connectivity index (χ1) is 8.08. The molecule has 0 spiro atoms. The Balaban J connectivity index is 2.21. The third-order valence-electron chi connectivity index (χ3n) is 2.41. The number of ketones is 1. The van der Waals surface area contributed by atoms with Gasteiger partial charge in [-0.25, -0.2) is 4.39 Å². The van der Waals surface area contributed by atoms with E-state index in [0.717, 1.165) is 0 Å². The van der Waals surface area contributed by atoms with E-state index in [2.05, 4.69) is 21.0 Å². The largest absolute Gasteiger partial charge is 0.294 e. The minimum absolute atomic E-state index is 0.0793. The Kier molecular flexibility index (Phi) is 3.38. The third kappa shape index (κ3) is 2.61. The Morgan fingerprint density at radius 1 is 1.53 bits per heavy atom. The second kappa shape index (κ2) is 4.79. The number of hydrogen-bond donors (Lipinski definition) is 0. The molecule has 0 radical (unpaired) electrons. The number of nitrogens with zero attached hydrogens (tertiary/aromatic N) is 2. The fourth-order valence-electron chi connectivity index (χ4n) is 1.53. The molecule has 3 nitrogen and oxygen atoms in total. The zero-order valence-corrected chi connectivity index (χ0v) is 10.7. The van der Waals surface area contributed by atoms with Gasteiger partial charge in [0.15, 0.2) is 5.78 Å². The number of aromatic nitrogens is 2. The molecule has 0 amide bonds. The fourth-order valence-corrected chi connectivity index (χ4v) is 1.93. The van der Waals surface area contributed by atoms with Crippen molar-refractivity contribution in [2.75, 3.05) is 0 Å². The van der Waals surface area contributed by atoms with E-state index in [4.69, 9.17) is 0 Å². The molecule has 2 rings (SSSR count). The molecule has 0 unspecified atom stereocenters. The van der Waals surface area contributed by atoms with Gasteiger partial charge in [0.25, 0.3) is 0 Å². The highest BCUT2D eigenvalue weighted by Crippen LogP contribution is 2.21. The van der Waals surface area contributed by atoms with Crippen LogP contribution >= 0.6 is 15.9 Å². The van der Waals surface area contributed by atoms with Crippen LogP contribution in [-0.4, -0.2) is 15.6 Å². The predicted octanol–water partition coefficient (Wildman–Crippen LogP) is 2.75. The summed E-state index contributed by atoms with van der Waals surface area (Å²) in [6.45, 7) is 0. The van der Waals surface area contributed by atoms with Crippen molar-refractivity contribution in [1.29, 1.82) is 0 Å². The van der Waals surface area contributed by atoms with Crippen molar-refractivity contribution < 1.29 is 9.18 Å². The van der Waals surface area contributed by atoms with Crippen molar-refractivity contribution in [3.8, 4) is 0 Å². The van der Waals surface area contributed by atoms with Crippen molar-refractivity contribution in [3.63, 3.8) is 0 Å². The van der Waals surface area contributed by atoms with Gasteiger partial charge in [-0.15, -0.1) is 0 Å². The molecule has 1 aromatic heterocycles. The third-order valence-corrected chi connectivity index (χ3v) is 3.30. The normalized spacial score (nSPS) is 10.5. The molecule has 17 heavy (non-hydrogen) atoms. The summed E-state index contributed by atoms with van der Waals surface area (Å²) in [6.07, 6.45) is 3.31. The Morgan fingerprint density at radius 3 is 2.94 bits per heavy atom. The molecule has 0 aliphatic heterocycles. The predicted molar refractivity (Wildman–Crippen MR) is 65.3 cm³/mol. The van der Waals surface area contributed by atoms with Gasteiger partial charge >= 0.3 is 0 Å². The van der Waals surface area contributed by atoms with Gasteiger partial charge in [0, 0.05) is 19.7 Å². The summed E-state index contributed by atoms with van der Waals surface area (Å²) >= 11 is 3.14. The van der Waals surface area contributed by atoms with Gasteiger partial charge in [-0.1, -0.05) is 12.1 Å². The Labute approximate surface area is 106 Å². The van der Waals surface area contributed by atoms with Crippen LogP contribution in [0.1, 0.15) is 15.9 Å². The number of rotatable bonds is 3. The van der Waals surface area contributed by atoms with Gasteiger partial charge in [-0.05, 0) is 27.6 Å². The number of benzene rings is 1. The lowest BCUT2D eigenvalue weighted by Crippen LogP contribution is -2.03. The second-order valence-electron chi connectivity index (χ2n) is 3.72. The molecule has 1 aromatic carbocycles. The van der Waals surface area contributed by atoms with Crippen LogP contribution in [-0.2, 0) is 13.5 Å². The Bertz CT molecular complexity index is 565. The molecule has 0 fully saturated rings. The quantitative estimate of drug-likeness (QED) is 0.817. The molecule has 0 bridgehead atoms. The molecule has 2 aromatic rings. The van der Waals surface area contributed by atoms with Gasteiger partial charge in [-0.3, -0.25) is 9.48 Å². The van der Waals surface area contributed by atoms with Gasteiger partial charge in [0.2, 0.25) is 0 Å². The van der Waals surface area contributed by atoms with Gasteiger partial charge in [0.05, 0.1) is 16.2 Å². The monoisotopic (exact) mass is 296 g/mol. The maximum Gasteiger partial charge on any atom is 0.170 e. The average Bonchev–Trinajstić information content (AvgIpc) is 2.72. The molecular weight excluding hydrogens is 287 g/mol. The number of halogens is 2. The smallest absolute Gasteiger partial charge is 0.170 e. The summed E-state index contributed by atoms with van der Waals surface area (Å²) < 4.78 is 15.2. The number of hydrogen-bond acceptors (Lipinski definition) is 2. The average molecular weight is 297 g/mol. The van der Waals surface area contributed by atoms with E-state index in [1.54, 1.807) is 30.1 Å². The standard InChI is InChI=1S/C12H10BrFN2O/c1-16-7-9(6-15-16)11(17)5-8-3-2-4-10(14)12(8)13/h2-4,6-7H,5H2,1H3. The number of carbonyl (C=O) groups is 1. The van der Waals surface area contributed by atoms with Crippen LogP contribution in [0.2, 0.25) is 0 Å². The maximum atomic E-state index is 13.3. The van der Waals surface area contributed by atoms with E-state index in [0.29, 0.717) is 15.6 Å².